The molecule has 1 aliphatic rings. The summed E-state index contributed by atoms with van der Waals surface area (Å²) in [6, 6.07) is 14.6. The van der Waals surface area contributed by atoms with Gasteiger partial charge >= 0.3 is 5.97 Å². The first-order valence-corrected chi connectivity index (χ1v) is 9.89. The standard InChI is InChI=1S/C23H25ClO4/c1-4-27-21(26)23(14-13-22(2,3)20(23)25)15-16-5-9-18(10-6-16)28-19-11-7-17(24)8-12-19/h5-12H,4,13-15H2,1-3H3. The lowest BCUT2D eigenvalue weighted by Crippen LogP contribution is -2.42. The van der Waals surface area contributed by atoms with E-state index in [1.54, 1.807) is 31.2 Å². The van der Waals surface area contributed by atoms with E-state index >= 15 is 0 Å². The van der Waals surface area contributed by atoms with Gasteiger partial charge in [0, 0.05) is 10.4 Å². The zero-order valence-corrected chi connectivity index (χ0v) is 17.2. The number of carbonyl (C=O) groups excluding carboxylic acids is 2. The molecule has 0 amide bonds. The Morgan fingerprint density at radius 2 is 1.57 bits per heavy atom. The summed E-state index contributed by atoms with van der Waals surface area (Å²) >= 11 is 5.89. The van der Waals surface area contributed by atoms with Gasteiger partial charge in [-0.3, -0.25) is 9.59 Å². The fraction of sp³-hybridized carbons (Fsp3) is 0.391. The smallest absolute Gasteiger partial charge is 0.319 e. The first-order chi connectivity index (χ1) is 13.3. The third-order valence-corrected chi connectivity index (χ3v) is 5.62. The van der Waals surface area contributed by atoms with Gasteiger partial charge in [-0.15, -0.1) is 0 Å². The van der Waals surface area contributed by atoms with Crippen molar-refractivity contribution in [2.75, 3.05) is 6.61 Å². The van der Waals surface area contributed by atoms with Crippen LogP contribution in [0.1, 0.15) is 39.2 Å². The van der Waals surface area contributed by atoms with Crippen molar-refractivity contribution in [3.63, 3.8) is 0 Å². The van der Waals surface area contributed by atoms with Crippen molar-refractivity contribution in [3.8, 4) is 11.5 Å². The summed E-state index contributed by atoms with van der Waals surface area (Å²) in [5, 5.41) is 0.649. The average molecular weight is 401 g/mol. The maximum absolute atomic E-state index is 13.1. The lowest BCUT2D eigenvalue weighted by molar-refractivity contribution is -0.160. The van der Waals surface area contributed by atoms with Crippen LogP contribution in [0.25, 0.3) is 0 Å². The number of Topliss-reactive ketones (excluding diaryl/α,β-unsaturated/α-hetero) is 1. The highest BCUT2D eigenvalue weighted by Gasteiger charge is 2.57. The molecule has 1 atom stereocenters. The molecule has 2 aromatic rings. The monoisotopic (exact) mass is 400 g/mol. The first-order valence-electron chi connectivity index (χ1n) is 9.51. The van der Waals surface area contributed by atoms with Gasteiger partial charge in [-0.2, -0.15) is 0 Å². The number of ether oxygens (including phenoxy) is 2. The molecule has 0 aromatic heterocycles. The van der Waals surface area contributed by atoms with E-state index < -0.39 is 16.8 Å². The maximum atomic E-state index is 13.1. The molecule has 28 heavy (non-hydrogen) atoms. The van der Waals surface area contributed by atoms with Crippen LogP contribution in [0.3, 0.4) is 0 Å². The van der Waals surface area contributed by atoms with E-state index in [1.807, 2.05) is 38.1 Å². The Labute approximate surface area is 170 Å². The second-order valence-electron chi connectivity index (χ2n) is 7.89. The molecule has 2 aromatic carbocycles. The van der Waals surface area contributed by atoms with Gasteiger partial charge in [-0.1, -0.05) is 37.6 Å². The first kappa shape index (κ1) is 20.4. The van der Waals surface area contributed by atoms with Crippen LogP contribution in [-0.2, 0) is 20.7 Å². The number of esters is 1. The van der Waals surface area contributed by atoms with E-state index in [4.69, 9.17) is 21.1 Å². The summed E-state index contributed by atoms with van der Waals surface area (Å²) in [6.07, 6.45) is 1.54. The molecule has 1 saturated carbocycles. The van der Waals surface area contributed by atoms with E-state index in [0.29, 0.717) is 35.8 Å². The maximum Gasteiger partial charge on any atom is 0.319 e. The molecule has 1 unspecified atom stereocenters. The summed E-state index contributed by atoms with van der Waals surface area (Å²) in [5.74, 6) is 0.925. The highest BCUT2D eigenvalue weighted by Crippen LogP contribution is 2.48. The van der Waals surface area contributed by atoms with E-state index in [1.165, 1.54) is 0 Å². The Bertz CT molecular complexity index is 855. The average Bonchev–Trinajstić information content (AvgIpc) is 2.90. The fourth-order valence-corrected chi connectivity index (χ4v) is 3.89. The lowest BCUT2D eigenvalue weighted by atomic mass is 9.75. The molecule has 0 bridgehead atoms. The predicted molar refractivity (Wildman–Crippen MR) is 109 cm³/mol. The van der Waals surface area contributed by atoms with Gasteiger partial charge in [0.15, 0.2) is 5.78 Å². The van der Waals surface area contributed by atoms with Gasteiger partial charge in [0.1, 0.15) is 16.9 Å². The van der Waals surface area contributed by atoms with Crippen molar-refractivity contribution in [1.29, 1.82) is 0 Å². The number of rotatable bonds is 6. The quantitative estimate of drug-likeness (QED) is 0.467. The van der Waals surface area contributed by atoms with Crippen LogP contribution >= 0.6 is 11.6 Å². The van der Waals surface area contributed by atoms with Gasteiger partial charge in [0.05, 0.1) is 6.61 Å². The van der Waals surface area contributed by atoms with Crippen molar-refractivity contribution < 1.29 is 19.1 Å². The van der Waals surface area contributed by atoms with E-state index in [9.17, 15) is 9.59 Å². The van der Waals surface area contributed by atoms with Gasteiger partial charge < -0.3 is 9.47 Å². The summed E-state index contributed by atoms with van der Waals surface area (Å²) in [7, 11) is 0. The zero-order valence-electron chi connectivity index (χ0n) is 16.5. The fourth-order valence-electron chi connectivity index (χ4n) is 3.77. The summed E-state index contributed by atoms with van der Waals surface area (Å²) in [6.45, 7) is 5.83. The summed E-state index contributed by atoms with van der Waals surface area (Å²) in [4.78, 5) is 25.8. The molecule has 1 fully saturated rings. The van der Waals surface area contributed by atoms with Crippen LogP contribution in [0.2, 0.25) is 5.02 Å². The second-order valence-corrected chi connectivity index (χ2v) is 8.33. The molecular weight excluding hydrogens is 376 g/mol. The molecular formula is C23H25ClO4. The summed E-state index contributed by atoms with van der Waals surface area (Å²) in [5.41, 5.74) is -0.704. The highest BCUT2D eigenvalue weighted by atomic mass is 35.5. The van der Waals surface area contributed by atoms with E-state index in [0.717, 1.165) is 5.56 Å². The molecule has 0 heterocycles. The predicted octanol–water partition coefficient (Wildman–Crippen LogP) is 5.61. The van der Waals surface area contributed by atoms with Crippen LogP contribution in [0, 0.1) is 10.8 Å². The van der Waals surface area contributed by atoms with Crippen LogP contribution in [0.15, 0.2) is 48.5 Å². The van der Waals surface area contributed by atoms with Crippen LogP contribution in [-0.4, -0.2) is 18.4 Å². The van der Waals surface area contributed by atoms with Crippen molar-refractivity contribution in [1.82, 2.24) is 0 Å². The molecule has 0 saturated heterocycles. The minimum atomic E-state index is -1.10. The molecule has 3 rings (SSSR count). The number of carbonyl (C=O) groups is 2. The minimum absolute atomic E-state index is 0.0278. The minimum Gasteiger partial charge on any atom is -0.465 e. The number of hydrogen-bond acceptors (Lipinski definition) is 4. The lowest BCUT2D eigenvalue weighted by Gasteiger charge is -2.27. The third-order valence-electron chi connectivity index (χ3n) is 5.37. The molecule has 1 aliphatic carbocycles. The molecule has 0 N–H and O–H groups in total. The van der Waals surface area contributed by atoms with Crippen LogP contribution < -0.4 is 4.74 Å². The molecule has 0 radical (unpaired) electrons. The number of halogens is 1. The van der Waals surface area contributed by atoms with Gasteiger partial charge in [0.2, 0.25) is 0 Å². The highest BCUT2D eigenvalue weighted by molar-refractivity contribution is 6.30. The zero-order chi connectivity index (χ0) is 20.4. The Morgan fingerprint density at radius 3 is 2.07 bits per heavy atom. The third kappa shape index (κ3) is 4.07. The largest absolute Gasteiger partial charge is 0.465 e. The van der Waals surface area contributed by atoms with Crippen molar-refractivity contribution in [3.05, 3.63) is 59.1 Å². The number of ketones is 1. The molecule has 5 heteroatoms. The SMILES string of the molecule is CCOC(=O)C1(Cc2ccc(Oc3ccc(Cl)cc3)cc2)CCC(C)(C)C1=O. The van der Waals surface area contributed by atoms with Gasteiger partial charge in [-0.25, -0.2) is 0 Å². The van der Waals surface area contributed by atoms with Gasteiger partial charge in [-0.05, 0) is 68.1 Å². The van der Waals surface area contributed by atoms with Crippen LogP contribution in [0.5, 0.6) is 11.5 Å². The molecule has 4 nitrogen and oxygen atoms in total. The Morgan fingerprint density at radius 1 is 1.00 bits per heavy atom. The van der Waals surface area contributed by atoms with Crippen molar-refractivity contribution in [2.45, 2.75) is 40.0 Å². The topological polar surface area (TPSA) is 52.6 Å². The normalized spacial score (nSPS) is 20.8. The van der Waals surface area contributed by atoms with E-state index in [2.05, 4.69) is 0 Å². The Kier molecular flexibility index (Phi) is 5.80. The molecule has 0 aliphatic heterocycles. The van der Waals surface area contributed by atoms with Crippen LogP contribution in [0.4, 0.5) is 0 Å². The summed E-state index contributed by atoms with van der Waals surface area (Å²) < 4.78 is 11.1. The Balaban J connectivity index is 1.79. The number of hydrogen-bond donors (Lipinski definition) is 0. The van der Waals surface area contributed by atoms with Crippen molar-refractivity contribution >= 4 is 23.4 Å². The second kappa shape index (κ2) is 7.96. The Hall–Kier alpha value is -2.33. The molecule has 148 valence electrons. The van der Waals surface area contributed by atoms with Gasteiger partial charge in [0.25, 0.3) is 0 Å². The van der Waals surface area contributed by atoms with Crippen molar-refractivity contribution in [2.24, 2.45) is 10.8 Å². The van der Waals surface area contributed by atoms with E-state index in [-0.39, 0.29) is 12.4 Å². The molecule has 0 spiro atoms. The number of benzene rings is 2.